The van der Waals surface area contributed by atoms with Gasteiger partial charge in [-0.25, -0.2) is 4.79 Å². The van der Waals surface area contributed by atoms with E-state index in [4.69, 9.17) is 9.15 Å². The van der Waals surface area contributed by atoms with Crippen LogP contribution in [0.5, 0.6) is 0 Å². The molecule has 2 aromatic rings. The summed E-state index contributed by atoms with van der Waals surface area (Å²) in [5, 5.41) is 0. The first-order chi connectivity index (χ1) is 10.4. The maximum absolute atomic E-state index is 12.2. The zero-order valence-electron chi connectivity index (χ0n) is 12.4. The number of carbonyl (C=O) groups excluding carboxylic acids is 2. The largest absolute Gasteiger partial charge is 0.451 e. The van der Waals surface area contributed by atoms with E-state index >= 15 is 0 Å². The quantitative estimate of drug-likeness (QED) is 0.445. The molecule has 0 aliphatic rings. The van der Waals surface area contributed by atoms with Gasteiger partial charge in [0.05, 0.1) is 0 Å². The van der Waals surface area contributed by atoms with Crippen molar-refractivity contribution in [2.75, 3.05) is 6.61 Å². The first kappa shape index (κ1) is 16.3. The lowest BCUT2D eigenvalue weighted by Gasteiger charge is -2.06. The molecule has 0 bridgehead atoms. The van der Waals surface area contributed by atoms with Crippen LogP contribution in [0.4, 0.5) is 0 Å². The van der Waals surface area contributed by atoms with Gasteiger partial charge in [-0.3, -0.25) is 4.79 Å². The molecule has 5 nitrogen and oxygen atoms in total. The number of aryl methyl sites for hydroxylation is 1. The van der Waals surface area contributed by atoms with Crippen molar-refractivity contribution in [2.24, 2.45) is 0 Å². The van der Waals surface area contributed by atoms with Crippen LogP contribution in [0.25, 0.3) is 0 Å². The summed E-state index contributed by atoms with van der Waals surface area (Å²) < 4.78 is 12.5. The van der Waals surface area contributed by atoms with Crippen LogP contribution >= 0.6 is 15.9 Å². The van der Waals surface area contributed by atoms with Gasteiger partial charge in [-0.15, -0.1) is 6.58 Å². The van der Waals surface area contributed by atoms with Crippen molar-refractivity contribution in [2.45, 2.75) is 20.4 Å². The van der Waals surface area contributed by atoms with E-state index in [-0.39, 0.29) is 18.2 Å². The topological polar surface area (TPSA) is 61.4 Å². The Labute approximate surface area is 136 Å². The number of esters is 1. The van der Waals surface area contributed by atoms with Gasteiger partial charge in [0.25, 0.3) is 0 Å². The Balaban J connectivity index is 2.05. The molecule has 2 heterocycles. The predicted molar refractivity (Wildman–Crippen MR) is 85.1 cm³/mol. The van der Waals surface area contributed by atoms with Crippen molar-refractivity contribution in [3.05, 3.63) is 58.2 Å². The molecule has 0 aromatic carbocycles. The first-order valence-electron chi connectivity index (χ1n) is 6.67. The fraction of sp³-hybridized carbons (Fsp3) is 0.250. The number of halogens is 1. The molecule has 0 atom stereocenters. The second-order valence-electron chi connectivity index (χ2n) is 4.79. The molecule has 0 spiro atoms. The van der Waals surface area contributed by atoms with E-state index in [9.17, 15) is 9.59 Å². The number of aromatic nitrogens is 1. The Hall–Kier alpha value is -2.08. The molecule has 0 aliphatic carbocycles. The third-order valence-electron chi connectivity index (χ3n) is 3.29. The van der Waals surface area contributed by atoms with Gasteiger partial charge in [-0.2, -0.15) is 0 Å². The summed E-state index contributed by atoms with van der Waals surface area (Å²) in [6, 6.07) is 4.85. The minimum absolute atomic E-state index is 0.0526. The van der Waals surface area contributed by atoms with Crippen LogP contribution in [0, 0.1) is 13.8 Å². The number of ketones is 1. The van der Waals surface area contributed by atoms with Crippen molar-refractivity contribution in [3.63, 3.8) is 0 Å². The van der Waals surface area contributed by atoms with Crippen molar-refractivity contribution in [1.82, 2.24) is 4.57 Å². The Morgan fingerprint density at radius 1 is 1.41 bits per heavy atom. The Morgan fingerprint density at radius 3 is 2.73 bits per heavy atom. The number of carbonyl (C=O) groups is 2. The van der Waals surface area contributed by atoms with Gasteiger partial charge in [0.2, 0.25) is 11.5 Å². The van der Waals surface area contributed by atoms with Crippen LogP contribution in [0.3, 0.4) is 0 Å². The highest BCUT2D eigenvalue weighted by atomic mass is 79.9. The molecule has 0 amide bonds. The molecule has 2 aromatic heterocycles. The predicted octanol–water partition coefficient (Wildman–Crippen LogP) is 3.69. The standard InChI is InChI=1S/C16H16BrNO4/c1-4-7-18-10(2)8-12(11(18)3)13(19)9-21-16(20)14-5-6-15(17)22-14/h4-6,8H,1,7,9H2,2-3H3. The fourth-order valence-electron chi connectivity index (χ4n) is 2.20. The summed E-state index contributed by atoms with van der Waals surface area (Å²) in [6.45, 7) is 7.78. The average Bonchev–Trinajstić information content (AvgIpc) is 3.03. The number of nitrogens with zero attached hydrogens (tertiary/aromatic N) is 1. The van der Waals surface area contributed by atoms with Crippen molar-refractivity contribution in [3.8, 4) is 0 Å². The summed E-state index contributed by atoms with van der Waals surface area (Å²) in [7, 11) is 0. The molecule has 0 unspecified atom stereocenters. The SMILES string of the molecule is C=CCn1c(C)cc(C(=O)COC(=O)c2ccc(Br)o2)c1C. The van der Waals surface area contributed by atoms with Gasteiger partial charge in [0.1, 0.15) is 0 Å². The molecule has 2 rings (SSSR count). The lowest BCUT2D eigenvalue weighted by atomic mass is 10.1. The van der Waals surface area contributed by atoms with Crippen LogP contribution < -0.4 is 0 Å². The summed E-state index contributed by atoms with van der Waals surface area (Å²) in [5.74, 6) is -0.863. The first-order valence-corrected chi connectivity index (χ1v) is 7.46. The highest BCUT2D eigenvalue weighted by Crippen LogP contribution is 2.17. The minimum Gasteiger partial charge on any atom is -0.451 e. The number of hydrogen-bond donors (Lipinski definition) is 0. The van der Waals surface area contributed by atoms with Crippen LogP contribution in [-0.2, 0) is 11.3 Å². The molecule has 0 radical (unpaired) electrons. The molecule has 0 N–H and O–H groups in total. The smallest absolute Gasteiger partial charge is 0.374 e. The second kappa shape index (κ2) is 6.79. The number of furan rings is 1. The van der Waals surface area contributed by atoms with Gasteiger partial charge in [0.15, 0.2) is 11.3 Å². The highest BCUT2D eigenvalue weighted by Gasteiger charge is 2.18. The molecule has 22 heavy (non-hydrogen) atoms. The van der Waals surface area contributed by atoms with E-state index in [0.717, 1.165) is 11.4 Å². The van der Waals surface area contributed by atoms with E-state index in [1.807, 2.05) is 18.4 Å². The number of hydrogen-bond acceptors (Lipinski definition) is 4. The lowest BCUT2D eigenvalue weighted by Crippen LogP contribution is -2.14. The monoisotopic (exact) mass is 365 g/mol. The van der Waals surface area contributed by atoms with Gasteiger partial charge in [0, 0.05) is 23.5 Å². The van der Waals surface area contributed by atoms with Gasteiger partial charge in [-0.05, 0) is 48.0 Å². The summed E-state index contributed by atoms with van der Waals surface area (Å²) in [5.41, 5.74) is 2.34. The van der Waals surface area contributed by atoms with Gasteiger partial charge in [-0.1, -0.05) is 6.08 Å². The normalized spacial score (nSPS) is 10.5. The number of allylic oxidation sites excluding steroid dienone is 1. The number of Topliss-reactive ketones (excluding diaryl/α,β-unsaturated/α-hetero) is 1. The van der Waals surface area contributed by atoms with Crippen LogP contribution in [0.2, 0.25) is 0 Å². The van der Waals surface area contributed by atoms with Crippen molar-refractivity contribution >= 4 is 27.7 Å². The van der Waals surface area contributed by atoms with E-state index in [2.05, 4.69) is 22.5 Å². The molecular formula is C16H16BrNO4. The molecule has 0 saturated heterocycles. The van der Waals surface area contributed by atoms with Crippen LogP contribution in [0.1, 0.15) is 32.3 Å². The zero-order chi connectivity index (χ0) is 16.3. The molecule has 0 aliphatic heterocycles. The zero-order valence-corrected chi connectivity index (χ0v) is 14.0. The van der Waals surface area contributed by atoms with E-state index < -0.39 is 5.97 Å². The second-order valence-corrected chi connectivity index (χ2v) is 5.57. The van der Waals surface area contributed by atoms with Gasteiger partial charge >= 0.3 is 5.97 Å². The lowest BCUT2D eigenvalue weighted by molar-refractivity contribution is 0.0442. The third-order valence-corrected chi connectivity index (χ3v) is 3.72. The van der Waals surface area contributed by atoms with E-state index in [1.165, 1.54) is 6.07 Å². The molecule has 0 fully saturated rings. The maximum atomic E-state index is 12.2. The molecular weight excluding hydrogens is 350 g/mol. The summed E-state index contributed by atoms with van der Waals surface area (Å²) in [6.07, 6.45) is 1.77. The number of ether oxygens (including phenoxy) is 1. The van der Waals surface area contributed by atoms with Gasteiger partial charge < -0.3 is 13.7 Å². The Kier molecular flexibility index (Phi) is 5.03. The number of rotatable bonds is 6. The van der Waals surface area contributed by atoms with E-state index in [0.29, 0.717) is 16.8 Å². The third kappa shape index (κ3) is 3.39. The Morgan fingerprint density at radius 2 is 2.14 bits per heavy atom. The molecule has 0 saturated carbocycles. The summed E-state index contributed by atoms with van der Waals surface area (Å²) >= 11 is 3.10. The average molecular weight is 366 g/mol. The Bertz CT molecular complexity index is 727. The molecule has 116 valence electrons. The maximum Gasteiger partial charge on any atom is 0.374 e. The van der Waals surface area contributed by atoms with Crippen LogP contribution in [-0.4, -0.2) is 22.9 Å². The highest BCUT2D eigenvalue weighted by molar-refractivity contribution is 9.10. The molecule has 6 heteroatoms. The minimum atomic E-state index is -0.668. The van der Waals surface area contributed by atoms with E-state index in [1.54, 1.807) is 18.2 Å². The van der Waals surface area contributed by atoms with Crippen molar-refractivity contribution < 1.29 is 18.7 Å². The van der Waals surface area contributed by atoms with Crippen molar-refractivity contribution in [1.29, 1.82) is 0 Å². The fourth-order valence-corrected chi connectivity index (χ4v) is 2.50. The summed E-state index contributed by atoms with van der Waals surface area (Å²) in [4.78, 5) is 24.0. The van der Waals surface area contributed by atoms with Crippen LogP contribution in [0.15, 0.2) is 39.9 Å².